The fourth-order valence-corrected chi connectivity index (χ4v) is 3.11. The Hall–Kier alpha value is -1.36. The summed E-state index contributed by atoms with van der Waals surface area (Å²) in [7, 11) is 0. The van der Waals surface area contributed by atoms with Crippen molar-refractivity contribution in [2.45, 2.75) is 32.1 Å². The third-order valence-electron chi connectivity index (χ3n) is 3.56. The van der Waals surface area contributed by atoms with E-state index in [1.807, 2.05) is 32.5 Å². The van der Waals surface area contributed by atoms with Crippen LogP contribution in [0.4, 0.5) is 10.5 Å². The number of hydrogen-bond acceptors (Lipinski definition) is 4. The van der Waals surface area contributed by atoms with E-state index in [0.717, 1.165) is 18.8 Å². The largest absolute Gasteiger partial charge is 0.444 e. The van der Waals surface area contributed by atoms with Gasteiger partial charge in [-0.1, -0.05) is 18.2 Å². The molecule has 1 aromatic carbocycles. The molecule has 1 heterocycles. The molecule has 0 unspecified atom stereocenters. The molecule has 0 saturated carbocycles. The van der Waals surface area contributed by atoms with E-state index < -0.39 is 5.60 Å². The third kappa shape index (κ3) is 4.57. The molecule has 0 aromatic heterocycles. The van der Waals surface area contributed by atoms with Gasteiger partial charge in [0, 0.05) is 37.6 Å². The van der Waals surface area contributed by atoms with Crippen LogP contribution in [0.3, 0.4) is 0 Å². The lowest BCUT2D eigenvalue weighted by Crippen LogP contribution is -2.50. The van der Waals surface area contributed by atoms with E-state index in [1.54, 1.807) is 4.90 Å². The number of thioether (sulfide) groups is 1. The van der Waals surface area contributed by atoms with Gasteiger partial charge in [-0.25, -0.2) is 4.79 Å². The first-order chi connectivity index (χ1) is 10.4. The fraction of sp³-hybridized carbons (Fsp3) is 0.588. The summed E-state index contributed by atoms with van der Waals surface area (Å²) < 4.78 is 5.45. The second-order valence-corrected chi connectivity index (χ2v) is 7.38. The van der Waals surface area contributed by atoms with Crippen LogP contribution in [-0.2, 0) is 10.5 Å². The molecule has 1 aromatic rings. The number of carbonyl (C=O) groups is 1. The SMILES string of the molecule is CSCc1ccccc1N1CCN(C(=O)OC(C)(C)C)CC1. The Balaban J connectivity index is 1.96. The number of anilines is 1. The molecular formula is C17H26N2O2S. The molecule has 0 bridgehead atoms. The van der Waals surface area contributed by atoms with Gasteiger partial charge in [0.15, 0.2) is 0 Å². The molecule has 0 spiro atoms. The average molecular weight is 322 g/mol. The molecule has 0 N–H and O–H groups in total. The molecule has 5 heteroatoms. The first-order valence-electron chi connectivity index (χ1n) is 7.70. The number of para-hydroxylation sites is 1. The highest BCUT2D eigenvalue weighted by Crippen LogP contribution is 2.25. The van der Waals surface area contributed by atoms with Crippen LogP contribution in [0.25, 0.3) is 0 Å². The minimum atomic E-state index is -0.431. The summed E-state index contributed by atoms with van der Waals surface area (Å²) >= 11 is 1.83. The first kappa shape index (κ1) is 17.0. The Morgan fingerprint density at radius 1 is 1.18 bits per heavy atom. The molecule has 1 saturated heterocycles. The zero-order valence-electron chi connectivity index (χ0n) is 14.0. The Morgan fingerprint density at radius 2 is 1.82 bits per heavy atom. The van der Waals surface area contributed by atoms with Crippen LogP contribution in [0.2, 0.25) is 0 Å². The van der Waals surface area contributed by atoms with Crippen LogP contribution < -0.4 is 4.90 Å². The van der Waals surface area contributed by atoms with Gasteiger partial charge in [0.25, 0.3) is 0 Å². The van der Waals surface area contributed by atoms with Crippen LogP contribution in [-0.4, -0.2) is 49.0 Å². The van der Waals surface area contributed by atoms with Crippen LogP contribution in [0, 0.1) is 0 Å². The van der Waals surface area contributed by atoms with E-state index >= 15 is 0 Å². The number of carbonyl (C=O) groups excluding carboxylic acids is 1. The topological polar surface area (TPSA) is 32.8 Å². The lowest BCUT2D eigenvalue weighted by Gasteiger charge is -2.37. The molecule has 0 radical (unpaired) electrons. The maximum absolute atomic E-state index is 12.1. The van der Waals surface area contributed by atoms with Gasteiger partial charge in [0.1, 0.15) is 5.60 Å². The molecule has 1 amide bonds. The molecule has 1 aliphatic heterocycles. The van der Waals surface area contributed by atoms with Crippen molar-refractivity contribution < 1.29 is 9.53 Å². The van der Waals surface area contributed by atoms with E-state index in [-0.39, 0.29) is 6.09 Å². The van der Waals surface area contributed by atoms with Gasteiger partial charge in [-0.15, -0.1) is 0 Å². The third-order valence-corrected chi connectivity index (χ3v) is 4.16. The molecule has 4 nitrogen and oxygen atoms in total. The number of piperazine rings is 1. The standard InChI is InChI=1S/C17H26N2O2S/c1-17(2,3)21-16(20)19-11-9-18(10-12-19)15-8-6-5-7-14(15)13-22-4/h5-8H,9-13H2,1-4H3. The molecule has 1 aliphatic rings. The van der Waals surface area contributed by atoms with Gasteiger partial charge in [-0.3, -0.25) is 0 Å². The van der Waals surface area contributed by atoms with Crippen molar-refractivity contribution in [2.75, 3.05) is 37.3 Å². The van der Waals surface area contributed by atoms with E-state index in [4.69, 9.17) is 4.74 Å². The summed E-state index contributed by atoms with van der Waals surface area (Å²) in [4.78, 5) is 16.3. The van der Waals surface area contributed by atoms with Gasteiger partial charge < -0.3 is 14.5 Å². The smallest absolute Gasteiger partial charge is 0.410 e. The zero-order valence-corrected chi connectivity index (χ0v) is 14.8. The molecule has 122 valence electrons. The highest BCUT2D eigenvalue weighted by Gasteiger charge is 2.26. The predicted octanol–water partition coefficient (Wildman–Crippen LogP) is 3.61. The summed E-state index contributed by atoms with van der Waals surface area (Å²) in [5, 5.41) is 0. The molecule has 0 atom stereocenters. The number of rotatable bonds is 3. The average Bonchev–Trinajstić information content (AvgIpc) is 2.47. The van der Waals surface area contributed by atoms with Gasteiger partial charge >= 0.3 is 6.09 Å². The minimum absolute atomic E-state index is 0.204. The lowest BCUT2D eigenvalue weighted by molar-refractivity contribution is 0.0240. The van der Waals surface area contributed by atoms with E-state index in [1.165, 1.54) is 11.3 Å². The fourth-order valence-electron chi connectivity index (χ4n) is 2.55. The number of nitrogens with zero attached hydrogens (tertiary/aromatic N) is 2. The summed E-state index contributed by atoms with van der Waals surface area (Å²) in [5.41, 5.74) is 2.22. The van der Waals surface area contributed by atoms with Crippen molar-refractivity contribution in [1.82, 2.24) is 4.90 Å². The van der Waals surface area contributed by atoms with Gasteiger partial charge in [-0.05, 0) is 38.7 Å². The Bertz CT molecular complexity index is 506. The molecule has 22 heavy (non-hydrogen) atoms. The Kier molecular flexibility index (Phi) is 5.62. The van der Waals surface area contributed by atoms with Crippen molar-refractivity contribution in [1.29, 1.82) is 0 Å². The van der Waals surface area contributed by atoms with Crippen molar-refractivity contribution >= 4 is 23.5 Å². The Morgan fingerprint density at radius 3 is 2.41 bits per heavy atom. The summed E-state index contributed by atoms with van der Waals surface area (Å²) in [6, 6.07) is 8.53. The van der Waals surface area contributed by atoms with E-state index in [2.05, 4.69) is 35.4 Å². The van der Waals surface area contributed by atoms with Gasteiger partial charge in [-0.2, -0.15) is 11.8 Å². The summed E-state index contributed by atoms with van der Waals surface area (Å²) in [6.07, 6.45) is 1.92. The zero-order chi connectivity index (χ0) is 16.2. The lowest BCUT2D eigenvalue weighted by atomic mass is 10.1. The van der Waals surface area contributed by atoms with E-state index in [9.17, 15) is 4.79 Å². The Labute approximate surface area is 137 Å². The van der Waals surface area contributed by atoms with Crippen LogP contribution in [0.1, 0.15) is 26.3 Å². The van der Waals surface area contributed by atoms with Crippen LogP contribution >= 0.6 is 11.8 Å². The number of hydrogen-bond donors (Lipinski definition) is 0. The molecule has 2 rings (SSSR count). The maximum Gasteiger partial charge on any atom is 0.410 e. The normalized spacial score (nSPS) is 15.8. The number of ether oxygens (including phenoxy) is 1. The van der Waals surface area contributed by atoms with Crippen molar-refractivity contribution in [3.05, 3.63) is 29.8 Å². The van der Waals surface area contributed by atoms with Crippen molar-refractivity contribution in [2.24, 2.45) is 0 Å². The summed E-state index contributed by atoms with van der Waals surface area (Å²) in [5.74, 6) is 1.02. The molecule has 1 fully saturated rings. The quantitative estimate of drug-likeness (QED) is 0.851. The number of amides is 1. The van der Waals surface area contributed by atoms with E-state index in [0.29, 0.717) is 13.1 Å². The maximum atomic E-state index is 12.1. The molecular weight excluding hydrogens is 296 g/mol. The number of benzene rings is 1. The van der Waals surface area contributed by atoms with Crippen LogP contribution in [0.15, 0.2) is 24.3 Å². The van der Waals surface area contributed by atoms with Crippen molar-refractivity contribution in [3.63, 3.8) is 0 Å². The van der Waals surface area contributed by atoms with Gasteiger partial charge in [0.05, 0.1) is 0 Å². The summed E-state index contributed by atoms with van der Waals surface area (Å²) in [6.45, 7) is 8.83. The van der Waals surface area contributed by atoms with Crippen LogP contribution in [0.5, 0.6) is 0 Å². The monoisotopic (exact) mass is 322 g/mol. The first-order valence-corrected chi connectivity index (χ1v) is 9.10. The predicted molar refractivity (Wildman–Crippen MR) is 93.7 cm³/mol. The van der Waals surface area contributed by atoms with Gasteiger partial charge in [0.2, 0.25) is 0 Å². The second-order valence-electron chi connectivity index (χ2n) is 6.52. The molecule has 0 aliphatic carbocycles. The highest BCUT2D eigenvalue weighted by atomic mass is 32.2. The second kappa shape index (κ2) is 7.27. The highest BCUT2D eigenvalue weighted by molar-refractivity contribution is 7.97. The minimum Gasteiger partial charge on any atom is -0.444 e. The van der Waals surface area contributed by atoms with Crippen molar-refractivity contribution in [3.8, 4) is 0 Å².